The van der Waals surface area contributed by atoms with Gasteiger partial charge in [0, 0.05) is 76.0 Å². The number of hydrogen-bond acceptors (Lipinski definition) is 9. The molecule has 0 aliphatic carbocycles. The summed E-state index contributed by atoms with van der Waals surface area (Å²) in [6.45, 7) is 6.91. The fourth-order valence-electron chi connectivity index (χ4n) is 4.22. The van der Waals surface area contributed by atoms with Crippen molar-refractivity contribution >= 4 is 17.0 Å². The number of aromatic nitrogens is 4. The number of ether oxygens (including phenoxy) is 3. The van der Waals surface area contributed by atoms with E-state index in [9.17, 15) is 4.79 Å². The number of pyridine rings is 2. The van der Waals surface area contributed by atoms with Gasteiger partial charge in [-0.2, -0.15) is 0 Å². The molecule has 0 unspecified atom stereocenters. The van der Waals surface area contributed by atoms with Crippen LogP contribution in [-0.4, -0.2) is 84.1 Å². The molecular formula is C25H34N6O4. The Morgan fingerprint density at radius 3 is 2.69 bits per heavy atom. The van der Waals surface area contributed by atoms with Gasteiger partial charge in [0.1, 0.15) is 0 Å². The molecule has 4 heterocycles. The van der Waals surface area contributed by atoms with Crippen LogP contribution in [0.1, 0.15) is 19.8 Å². The number of nitrogens with one attached hydrogen (secondary N) is 1. The minimum Gasteiger partial charge on any atom is -0.481 e. The zero-order chi connectivity index (χ0) is 24.6. The van der Waals surface area contributed by atoms with Crippen LogP contribution in [0.4, 0.5) is 5.82 Å². The van der Waals surface area contributed by atoms with E-state index < -0.39 is 0 Å². The Morgan fingerprint density at radius 2 is 1.97 bits per heavy atom. The van der Waals surface area contributed by atoms with Crippen molar-refractivity contribution in [1.29, 1.82) is 0 Å². The Morgan fingerprint density at radius 1 is 1.11 bits per heavy atom. The number of likely N-dealkylation sites (tertiary alicyclic amines) is 1. The van der Waals surface area contributed by atoms with E-state index in [2.05, 4.69) is 32.1 Å². The van der Waals surface area contributed by atoms with Crippen molar-refractivity contribution in [3.8, 4) is 17.0 Å². The molecule has 1 fully saturated rings. The maximum Gasteiger partial charge on any atom is 0.293 e. The summed E-state index contributed by atoms with van der Waals surface area (Å²) in [5.74, 6) is 0.846. The lowest BCUT2D eigenvalue weighted by Gasteiger charge is -2.17. The van der Waals surface area contributed by atoms with E-state index >= 15 is 0 Å². The molecule has 1 atom stereocenters. The number of anilines is 1. The van der Waals surface area contributed by atoms with Crippen LogP contribution in [0.3, 0.4) is 0 Å². The van der Waals surface area contributed by atoms with Crippen molar-refractivity contribution in [2.24, 2.45) is 0 Å². The van der Waals surface area contributed by atoms with Crippen molar-refractivity contribution in [2.45, 2.75) is 32.4 Å². The van der Waals surface area contributed by atoms with Crippen molar-refractivity contribution in [3.05, 3.63) is 40.9 Å². The Hall–Kier alpha value is -3.08. The molecule has 1 N–H and O–H groups in total. The summed E-state index contributed by atoms with van der Waals surface area (Å²) in [5.41, 5.74) is 2.72. The summed E-state index contributed by atoms with van der Waals surface area (Å²) < 4.78 is 18.0. The van der Waals surface area contributed by atoms with Gasteiger partial charge in [-0.3, -0.25) is 14.3 Å². The zero-order valence-electron chi connectivity index (χ0n) is 20.7. The van der Waals surface area contributed by atoms with Crippen molar-refractivity contribution in [2.75, 3.05) is 58.9 Å². The highest BCUT2D eigenvalue weighted by Gasteiger charge is 2.21. The molecule has 0 saturated carbocycles. The molecule has 3 aromatic rings. The lowest BCUT2D eigenvalue weighted by Crippen LogP contribution is -2.32. The van der Waals surface area contributed by atoms with E-state index in [1.807, 2.05) is 12.1 Å². The van der Waals surface area contributed by atoms with Crippen molar-refractivity contribution in [3.63, 3.8) is 0 Å². The molecule has 1 aliphatic rings. The number of nitrogens with zero attached hydrogens (tertiary/aromatic N) is 5. The van der Waals surface area contributed by atoms with E-state index in [4.69, 9.17) is 14.2 Å². The monoisotopic (exact) mass is 482 g/mol. The van der Waals surface area contributed by atoms with Crippen LogP contribution in [0, 0.1) is 0 Å². The molecule has 0 bridgehead atoms. The minimum atomic E-state index is -0.180. The first-order valence-electron chi connectivity index (χ1n) is 12.1. The summed E-state index contributed by atoms with van der Waals surface area (Å²) in [5, 5.41) is 3.23. The maximum atomic E-state index is 13.4. The highest BCUT2D eigenvalue weighted by molar-refractivity contribution is 5.78. The third kappa shape index (κ3) is 6.14. The van der Waals surface area contributed by atoms with Gasteiger partial charge in [-0.25, -0.2) is 15.0 Å². The largest absolute Gasteiger partial charge is 0.481 e. The van der Waals surface area contributed by atoms with Gasteiger partial charge >= 0.3 is 0 Å². The van der Waals surface area contributed by atoms with E-state index in [1.54, 1.807) is 37.2 Å². The summed E-state index contributed by atoms with van der Waals surface area (Å²) in [7, 11) is 3.33. The smallest absolute Gasteiger partial charge is 0.293 e. The molecule has 3 aromatic heterocycles. The molecule has 188 valence electrons. The average molecular weight is 483 g/mol. The van der Waals surface area contributed by atoms with Crippen LogP contribution in [0.5, 0.6) is 5.88 Å². The molecule has 10 nitrogen and oxygen atoms in total. The summed E-state index contributed by atoms with van der Waals surface area (Å²) >= 11 is 0. The van der Waals surface area contributed by atoms with Gasteiger partial charge in [0.2, 0.25) is 5.88 Å². The Kier molecular flexibility index (Phi) is 8.62. The van der Waals surface area contributed by atoms with Crippen LogP contribution >= 0.6 is 0 Å². The highest BCUT2D eigenvalue weighted by Crippen LogP contribution is 2.23. The SMILES string of the molecule is CCCOCCn1c(=O)c(NCCN2CC[C@@H](OC)C2)nc2ncc(-c3ccc(OC)nc3)cc21. The predicted octanol–water partition coefficient (Wildman–Crippen LogP) is 2.42. The number of rotatable bonds is 12. The molecule has 1 aliphatic heterocycles. The van der Waals surface area contributed by atoms with Gasteiger partial charge in [-0.05, 0) is 25.0 Å². The molecule has 0 aromatic carbocycles. The number of hydrogen-bond donors (Lipinski definition) is 1. The predicted molar refractivity (Wildman–Crippen MR) is 135 cm³/mol. The number of fused-ring (bicyclic) bond motifs is 1. The topological polar surface area (TPSA) is 104 Å². The van der Waals surface area contributed by atoms with Gasteiger partial charge in [0.15, 0.2) is 11.5 Å². The summed E-state index contributed by atoms with van der Waals surface area (Å²) in [4.78, 5) is 29.1. The van der Waals surface area contributed by atoms with Crippen LogP contribution in [0.15, 0.2) is 35.4 Å². The lowest BCUT2D eigenvalue weighted by atomic mass is 10.1. The van der Waals surface area contributed by atoms with E-state index in [-0.39, 0.29) is 11.7 Å². The van der Waals surface area contributed by atoms with Crippen molar-refractivity contribution in [1.82, 2.24) is 24.4 Å². The molecule has 4 rings (SSSR count). The Balaban J connectivity index is 1.58. The molecule has 10 heteroatoms. The normalized spacial score (nSPS) is 16.1. The molecule has 1 saturated heterocycles. The van der Waals surface area contributed by atoms with Crippen LogP contribution in [-0.2, 0) is 16.0 Å². The highest BCUT2D eigenvalue weighted by atomic mass is 16.5. The molecule has 0 spiro atoms. The standard InChI is InChI=1S/C25H34N6O4/c1-4-12-35-13-11-31-21-14-19(18-5-6-22(34-3)27-15-18)16-28-23(21)29-24(25(31)32)26-8-10-30-9-7-20(17-30)33-2/h5-6,14-16,20H,4,7-13,17H2,1-3H3,(H,26,28,29)/t20-/m1/s1. The average Bonchev–Trinajstić information content (AvgIpc) is 3.36. The van der Waals surface area contributed by atoms with Gasteiger partial charge in [0.25, 0.3) is 5.56 Å². The third-order valence-corrected chi connectivity index (χ3v) is 6.17. The molecule has 0 amide bonds. The Labute approximate surface area is 205 Å². The number of methoxy groups -OCH3 is 2. The quantitative estimate of drug-likeness (QED) is 0.390. The minimum absolute atomic E-state index is 0.180. The molecular weight excluding hydrogens is 448 g/mol. The first-order chi connectivity index (χ1) is 17.1. The van der Waals surface area contributed by atoms with Crippen LogP contribution in [0.25, 0.3) is 22.3 Å². The molecule has 35 heavy (non-hydrogen) atoms. The fourth-order valence-corrected chi connectivity index (χ4v) is 4.22. The van der Waals surface area contributed by atoms with Crippen molar-refractivity contribution < 1.29 is 14.2 Å². The van der Waals surface area contributed by atoms with Gasteiger partial charge < -0.3 is 19.5 Å². The Bertz CT molecular complexity index is 1170. The summed E-state index contributed by atoms with van der Waals surface area (Å²) in [6, 6.07) is 5.64. The van der Waals surface area contributed by atoms with E-state index in [0.717, 1.165) is 43.6 Å². The van der Waals surface area contributed by atoms with Crippen LogP contribution < -0.4 is 15.6 Å². The fraction of sp³-hybridized carbons (Fsp3) is 0.520. The van der Waals surface area contributed by atoms with E-state index in [1.165, 1.54) is 0 Å². The lowest BCUT2D eigenvalue weighted by molar-refractivity contribution is 0.108. The van der Waals surface area contributed by atoms with Gasteiger partial charge in [-0.15, -0.1) is 0 Å². The van der Waals surface area contributed by atoms with E-state index in [0.29, 0.717) is 49.2 Å². The van der Waals surface area contributed by atoms with Gasteiger partial charge in [0.05, 0.1) is 25.3 Å². The second-order valence-corrected chi connectivity index (χ2v) is 8.56. The molecule has 0 radical (unpaired) electrons. The second-order valence-electron chi connectivity index (χ2n) is 8.56. The second kappa shape index (κ2) is 12.1. The maximum absolute atomic E-state index is 13.4. The van der Waals surface area contributed by atoms with Gasteiger partial charge in [-0.1, -0.05) is 6.92 Å². The van der Waals surface area contributed by atoms with Crippen LogP contribution in [0.2, 0.25) is 0 Å². The zero-order valence-corrected chi connectivity index (χ0v) is 20.7. The first kappa shape index (κ1) is 25.0. The first-order valence-corrected chi connectivity index (χ1v) is 12.1. The summed E-state index contributed by atoms with van der Waals surface area (Å²) in [6.07, 6.45) is 5.72. The third-order valence-electron chi connectivity index (χ3n) is 6.17.